The molecule has 140 valence electrons. The summed E-state index contributed by atoms with van der Waals surface area (Å²) in [5, 5.41) is 4.93. The number of rotatable bonds is 5. The van der Waals surface area contributed by atoms with Gasteiger partial charge in [-0.2, -0.15) is 0 Å². The van der Waals surface area contributed by atoms with Crippen molar-refractivity contribution in [2.45, 2.75) is 27.7 Å². The van der Waals surface area contributed by atoms with Crippen molar-refractivity contribution in [3.63, 3.8) is 0 Å². The van der Waals surface area contributed by atoms with Gasteiger partial charge < -0.3 is 9.42 Å². The molecule has 0 atom stereocenters. The molecular weight excluding hydrogens is 358 g/mol. The van der Waals surface area contributed by atoms with Gasteiger partial charge in [0.05, 0.1) is 17.0 Å². The molecular formula is C22H24ClN3O. The predicted molar refractivity (Wildman–Crippen MR) is 113 cm³/mol. The van der Waals surface area contributed by atoms with E-state index in [0.29, 0.717) is 5.02 Å². The molecule has 3 aromatic rings. The van der Waals surface area contributed by atoms with Crippen molar-refractivity contribution in [2.24, 2.45) is 4.99 Å². The Balaban J connectivity index is 1.98. The third-order valence-corrected chi connectivity index (χ3v) is 5.00. The molecule has 0 fully saturated rings. The highest BCUT2D eigenvalue weighted by Crippen LogP contribution is 2.35. The minimum Gasteiger partial charge on any atom is -0.366 e. The van der Waals surface area contributed by atoms with Crippen LogP contribution in [0.2, 0.25) is 5.02 Å². The topological polar surface area (TPSA) is 41.6 Å². The second kappa shape index (κ2) is 7.97. The van der Waals surface area contributed by atoms with Gasteiger partial charge in [0.1, 0.15) is 5.69 Å². The highest BCUT2D eigenvalue weighted by atomic mass is 35.5. The second-order valence-corrected chi connectivity index (χ2v) is 7.19. The molecule has 0 aliphatic heterocycles. The first-order valence-corrected chi connectivity index (χ1v) is 9.36. The smallest absolute Gasteiger partial charge is 0.167 e. The van der Waals surface area contributed by atoms with Crippen LogP contribution in [0.4, 0.5) is 5.69 Å². The van der Waals surface area contributed by atoms with Crippen molar-refractivity contribution in [1.82, 2.24) is 10.1 Å². The van der Waals surface area contributed by atoms with Crippen LogP contribution in [-0.4, -0.2) is 30.0 Å². The number of hydrogen-bond donors (Lipinski definition) is 0. The third kappa shape index (κ3) is 4.06. The zero-order valence-corrected chi connectivity index (χ0v) is 17.1. The molecule has 1 aromatic heterocycles. The zero-order valence-electron chi connectivity index (χ0n) is 16.4. The standard InChI is InChI=1S/C22H24ClN3O/c1-6-26(5)13-24-19-11-15(3)17(10-16(19)4)21-12-20(25-27-21)22-14(2)8-7-9-18(22)23/h7-13H,6H2,1-5H3. The van der Waals surface area contributed by atoms with Crippen molar-refractivity contribution in [3.8, 4) is 22.6 Å². The number of aliphatic imine (C=N–C) groups is 1. The molecule has 0 aliphatic carbocycles. The summed E-state index contributed by atoms with van der Waals surface area (Å²) in [6.45, 7) is 9.14. The van der Waals surface area contributed by atoms with E-state index in [-0.39, 0.29) is 0 Å². The van der Waals surface area contributed by atoms with Gasteiger partial charge in [-0.25, -0.2) is 4.99 Å². The first-order chi connectivity index (χ1) is 12.9. The monoisotopic (exact) mass is 381 g/mol. The molecule has 0 bridgehead atoms. The number of hydrogen-bond acceptors (Lipinski definition) is 3. The van der Waals surface area contributed by atoms with E-state index in [4.69, 9.17) is 16.1 Å². The quantitative estimate of drug-likeness (QED) is 0.390. The van der Waals surface area contributed by atoms with Crippen LogP contribution in [-0.2, 0) is 0 Å². The van der Waals surface area contributed by atoms with E-state index in [9.17, 15) is 0 Å². The van der Waals surface area contributed by atoms with Gasteiger partial charge in [-0.05, 0) is 62.6 Å². The average molecular weight is 382 g/mol. The van der Waals surface area contributed by atoms with E-state index in [1.165, 1.54) is 0 Å². The molecule has 0 N–H and O–H groups in total. The van der Waals surface area contributed by atoms with Crippen LogP contribution in [0, 0.1) is 20.8 Å². The van der Waals surface area contributed by atoms with E-state index in [1.54, 1.807) is 0 Å². The Kier molecular flexibility index (Phi) is 5.66. The van der Waals surface area contributed by atoms with Crippen LogP contribution in [0.25, 0.3) is 22.6 Å². The molecule has 1 heterocycles. The van der Waals surface area contributed by atoms with Gasteiger partial charge >= 0.3 is 0 Å². The largest absolute Gasteiger partial charge is 0.366 e. The second-order valence-electron chi connectivity index (χ2n) is 6.78. The Hall–Kier alpha value is -2.59. The van der Waals surface area contributed by atoms with E-state index < -0.39 is 0 Å². The lowest BCUT2D eigenvalue weighted by Crippen LogP contribution is -2.14. The highest BCUT2D eigenvalue weighted by Gasteiger charge is 2.15. The Bertz CT molecular complexity index is 971. The van der Waals surface area contributed by atoms with Crippen LogP contribution >= 0.6 is 11.6 Å². The van der Waals surface area contributed by atoms with Crippen molar-refractivity contribution >= 4 is 23.6 Å². The number of nitrogens with zero attached hydrogens (tertiary/aromatic N) is 3. The Morgan fingerprint density at radius 1 is 1.11 bits per heavy atom. The molecule has 5 heteroatoms. The lowest BCUT2D eigenvalue weighted by molar-refractivity contribution is 0.434. The summed E-state index contributed by atoms with van der Waals surface area (Å²) in [6.07, 6.45) is 1.86. The summed E-state index contributed by atoms with van der Waals surface area (Å²) in [7, 11) is 2.01. The lowest BCUT2D eigenvalue weighted by atomic mass is 10.0. The van der Waals surface area contributed by atoms with Gasteiger partial charge in [-0.1, -0.05) is 28.9 Å². The first-order valence-electron chi connectivity index (χ1n) is 8.99. The van der Waals surface area contributed by atoms with E-state index in [0.717, 1.165) is 51.5 Å². The average Bonchev–Trinajstić information content (AvgIpc) is 3.11. The van der Waals surface area contributed by atoms with Crippen LogP contribution in [0.15, 0.2) is 45.9 Å². The van der Waals surface area contributed by atoms with Crippen molar-refractivity contribution in [1.29, 1.82) is 0 Å². The Morgan fingerprint density at radius 2 is 1.89 bits per heavy atom. The fourth-order valence-electron chi connectivity index (χ4n) is 2.92. The maximum atomic E-state index is 6.37. The molecule has 0 aliphatic rings. The van der Waals surface area contributed by atoms with E-state index >= 15 is 0 Å². The summed E-state index contributed by atoms with van der Waals surface area (Å²) >= 11 is 6.37. The fraction of sp³-hybridized carbons (Fsp3) is 0.273. The number of aromatic nitrogens is 1. The molecule has 0 amide bonds. The van der Waals surface area contributed by atoms with Gasteiger partial charge in [-0.15, -0.1) is 0 Å². The maximum absolute atomic E-state index is 6.37. The third-order valence-electron chi connectivity index (χ3n) is 4.69. The van der Waals surface area contributed by atoms with Crippen molar-refractivity contribution in [3.05, 3.63) is 58.1 Å². The van der Waals surface area contributed by atoms with Crippen molar-refractivity contribution < 1.29 is 4.52 Å². The number of aryl methyl sites for hydroxylation is 3. The van der Waals surface area contributed by atoms with Crippen LogP contribution in [0.3, 0.4) is 0 Å². The summed E-state index contributed by atoms with van der Waals surface area (Å²) in [4.78, 5) is 6.62. The molecule has 2 aromatic carbocycles. The zero-order chi connectivity index (χ0) is 19.6. The molecule has 0 saturated heterocycles. The molecule has 0 unspecified atom stereocenters. The minimum absolute atomic E-state index is 0.674. The van der Waals surface area contributed by atoms with Crippen LogP contribution in [0.5, 0.6) is 0 Å². The number of halogens is 1. The normalized spacial score (nSPS) is 11.3. The Labute approximate surface area is 165 Å². The van der Waals surface area contributed by atoms with Crippen LogP contribution in [0.1, 0.15) is 23.6 Å². The van der Waals surface area contributed by atoms with E-state index in [1.807, 2.05) is 49.5 Å². The highest BCUT2D eigenvalue weighted by molar-refractivity contribution is 6.33. The molecule has 27 heavy (non-hydrogen) atoms. The van der Waals surface area contributed by atoms with Gasteiger partial charge in [0, 0.05) is 30.8 Å². The maximum Gasteiger partial charge on any atom is 0.167 e. The number of benzene rings is 2. The van der Waals surface area contributed by atoms with E-state index in [2.05, 4.69) is 43.1 Å². The molecule has 0 saturated carbocycles. The summed E-state index contributed by atoms with van der Waals surface area (Å²) in [5.41, 5.74) is 6.87. The SMILES string of the molecule is CCN(C)C=Nc1cc(C)c(-c2cc(-c3c(C)cccc3Cl)no2)cc1C. The van der Waals surface area contributed by atoms with Gasteiger partial charge in [0.15, 0.2) is 5.76 Å². The summed E-state index contributed by atoms with van der Waals surface area (Å²) < 4.78 is 5.65. The molecule has 3 rings (SSSR count). The van der Waals surface area contributed by atoms with Gasteiger partial charge in [0.25, 0.3) is 0 Å². The first kappa shape index (κ1) is 19.2. The molecule has 0 radical (unpaired) electrons. The van der Waals surface area contributed by atoms with Crippen LogP contribution < -0.4 is 0 Å². The summed E-state index contributed by atoms with van der Waals surface area (Å²) in [6, 6.07) is 11.9. The molecule has 0 spiro atoms. The fourth-order valence-corrected chi connectivity index (χ4v) is 3.24. The van der Waals surface area contributed by atoms with Gasteiger partial charge in [0.2, 0.25) is 0 Å². The summed E-state index contributed by atoms with van der Waals surface area (Å²) in [5.74, 6) is 0.728. The minimum atomic E-state index is 0.674. The lowest BCUT2D eigenvalue weighted by Gasteiger charge is -2.10. The Morgan fingerprint density at radius 3 is 2.59 bits per heavy atom. The van der Waals surface area contributed by atoms with Crippen molar-refractivity contribution in [2.75, 3.05) is 13.6 Å². The molecule has 4 nitrogen and oxygen atoms in total. The van der Waals surface area contributed by atoms with Gasteiger partial charge in [-0.3, -0.25) is 0 Å². The predicted octanol–water partition coefficient (Wildman–Crippen LogP) is 6.20.